The Kier molecular flexibility index (Phi) is 5.64. The van der Waals surface area contributed by atoms with Crippen molar-refractivity contribution in [1.82, 2.24) is 14.8 Å². The van der Waals surface area contributed by atoms with Crippen molar-refractivity contribution < 1.29 is 9.59 Å². The lowest BCUT2D eigenvalue weighted by molar-refractivity contribution is -0.135. The molecule has 4 rings (SSSR count). The number of hydrogen-bond donors (Lipinski definition) is 1. The number of benzene rings is 1. The molecule has 0 unspecified atom stereocenters. The van der Waals surface area contributed by atoms with E-state index in [2.05, 4.69) is 42.4 Å². The molecule has 166 valence electrons. The van der Waals surface area contributed by atoms with Crippen molar-refractivity contribution in [2.75, 3.05) is 25.5 Å². The highest BCUT2D eigenvalue weighted by Gasteiger charge is 2.53. The highest BCUT2D eigenvalue weighted by atomic mass is 16.2. The minimum atomic E-state index is -0.827. The first kappa shape index (κ1) is 21.8. The molecule has 0 bridgehead atoms. The molecule has 2 amide bonds. The highest BCUT2D eigenvalue weighted by Crippen LogP contribution is 2.46. The van der Waals surface area contributed by atoms with Gasteiger partial charge in [0, 0.05) is 26.3 Å². The number of likely N-dealkylation sites (N-methyl/N-ethyl adjacent to an activating group) is 1. The molecule has 1 aliphatic carbocycles. The number of nitrogens with one attached hydrogen (secondary N) is 1. The smallest absolute Gasteiger partial charge is 0.255 e. The van der Waals surface area contributed by atoms with Gasteiger partial charge in [0.1, 0.15) is 11.2 Å². The molecule has 2 aromatic rings. The Labute approximate surface area is 189 Å². The molecule has 0 radical (unpaired) electrons. The third kappa shape index (κ3) is 4.18. The maximum Gasteiger partial charge on any atom is 0.255 e. The Morgan fingerprint density at radius 2 is 1.94 bits per heavy atom. The summed E-state index contributed by atoms with van der Waals surface area (Å²) in [7, 11) is 1.74. The van der Waals surface area contributed by atoms with Crippen LogP contribution in [0.3, 0.4) is 0 Å². The molecule has 1 atom stereocenters. The van der Waals surface area contributed by atoms with Crippen LogP contribution >= 0.6 is 0 Å². The molecule has 1 saturated carbocycles. The van der Waals surface area contributed by atoms with Crippen LogP contribution in [0.1, 0.15) is 49.0 Å². The summed E-state index contributed by atoms with van der Waals surface area (Å²) in [5.74, 6) is 0.500. The summed E-state index contributed by atoms with van der Waals surface area (Å²) >= 11 is 0. The molecule has 1 N–H and O–H groups in total. The average molecular weight is 432 g/mol. The maximum atomic E-state index is 13.0. The monoisotopic (exact) mass is 431 g/mol. The van der Waals surface area contributed by atoms with Gasteiger partial charge in [-0.3, -0.25) is 9.59 Å². The SMILES string of the molecule is CN(C(=O)C1(C#N)CC1)[C@H]1CCN(C(=O)c2ccc(NC(C)(C)c3ccccc3)nc2)C1. The zero-order valence-electron chi connectivity index (χ0n) is 18.8. The second-order valence-corrected chi connectivity index (χ2v) is 9.35. The van der Waals surface area contributed by atoms with Crippen LogP contribution in [-0.4, -0.2) is 52.8 Å². The normalized spacial score (nSPS) is 19.2. The Balaban J connectivity index is 1.37. The van der Waals surface area contributed by atoms with Crippen LogP contribution < -0.4 is 5.32 Å². The van der Waals surface area contributed by atoms with E-state index in [1.807, 2.05) is 24.3 Å². The first-order chi connectivity index (χ1) is 15.3. The summed E-state index contributed by atoms with van der Waals surface area (Å²) in [4.78, 5) is 33.5. The van der Waals surface area contributed by atoms with Gasteiger partial charge in [0.05, 0.1) is 23.2 Å². The minimum Gasteiger partial charge on any atom is -0.361 e. The number of carbonyl (C=O) groups is 2. The highest BCUT2D eigenvalue weighted by molar-refractivity contribution is 5.94. The predicted octanol–water partition coefficient (Wildman–Crippen LogP) is 3.41. The van der Waals surface area contributed by atoms with Crippen molar-refractivity contribution in [2.45, 2.75) is 44.7 Å². The van der Waals surface area contributed by atoms with Gasteiger partial charge in [-0.25, -0.2) is 4.98 Å². The number of amides is 2. The molecule has 32 heavy (non-hydrogen) atoms. The number of rotatable bonds is 6. The van der Waals surface area contributed by atoms with Crippen LogP contribution in [0.25, 0.3) is 0 Å². The molecule has 0 spiro atoms. The molecule has 2 aliphatic rings. The first-order valence-electron chi connectivity index (χ1n) is 11.0. The van der Waals surface area contributed by atoms with Gasteiger partial charge in [-0.05, 0) is 50.8 Å². The van der Waals surface area contributed by atoms with E-state index >= 15 is 0 Å². The fourth-order valence-corrected chi connectivity index (χ4v) is 4.27. The van der Waals surface area contributed by atoms with Crippen molar-refractivity contribution in [3.8, 4) is 6.07 Å². The molecule has 1 saturated heterocycles. The fraction of sp³-hybridized carbons (Fsp3) is 0.440. The van der Waals surface area contributed by atoms with Crippen LogP contribution in [0, 0.1) is 16.7 Å². The van der Waals surface area contributed by atoms with Gasteiger partial charge in [0.25, 0.3) is 5.91 Å². The Hall–Kier alpha value is -3.40. The Morgan fingerprint density at radius 1 is 1.22 bits per heavy atom. The van der Waals surface area contributed by atoms with Gasteiger partial charge in [0.2, 0.25) is 5.91 Å². The van der Waals surface area contributed by atoms with E-state index in [9.17, 15) is 14.9 Å². The van der Waals surface area contributed by atoms with Crippen molar-refractivity contribution >= 4 is 17.6 Å². The van der Waals surface area contributed by atoms with Gasteiger partial charge < -0.3 is 15.1 Å². The van der Waals surface area contributed by atoms with Crippen molar-refractivity contribution in [3.05, 3.63) is 59.8 Å². The summed E-state index contributed by atoms with van der Waals surface area (Å²) in [6, 6.07) is 15.9. The number of nitrogens with zero attached hydrogens (tertiary/aromatic N) is 4. The average Bonchev–Trinajstić information content (AvgIpc) is 3.46. The predicted molar refractivity (Wildman–Crippen MR) is 122 cm³/mol. The number of likely N-dealkylation sites (tertiary alicyclic amines) is 1. The van der Waals surface area contributed by atoms with Gasteiger partial charge in [-0.15, -0.1) is 0 Å². The second kappa shape index (κ2) is 8.27. The molecule has 1 aromatic carbocycles. The Bertz CT molecular complexity index is 1040. The summed E-state index contributed by atoms with van der Waals surface area (Å²) in [5, 5.41) is 12.7. The van der Waals surface area contributed by atoms with Crippen LogP contribution in [0.4, 0.5) is 5.82 Å². The molecule has 7 nitrogen and oxygen atoms in total. The lowest BCUT2D eigenvalue weighted by Gasteiger charge is -2.28. The van der Waals surface area contributed by atoms with E-state index in [0.29, 0.717) is 43.7 Å². The van der Waals surface area contributed by atoms with E-state index < -0.39 is 5.41 Å². The van der Waals surface area contributed by atoms with E-state index in [1.54, 1.807) is 29.1 Å². The number of aromatic nitrogens is 1. The van der Waals surface area contributed by atoms with E-state index in [-0.39, 0.29) is 23.4 Å². The molecule has 7 heteroatoms. The number of carbonyl (C=O) groups excluding carboxylic acids is 2. The van der Waals surface area contributed by atoms with E-state index in [0.717, 1.165) is 5.56 Å². The molecular formula is C25H29N5O2. The quantitative estimate of drug-likeness (QED) is 0.757. The Morgan fingerprint density at radius 3 is 2.53 bits per heavy atom. The summed E-state index contributed by atoms with van der Waals surface area (Å²) in [5.41, 5.74) is 0.542. The first-order valence-corrected chi connectivity index (χ1v) is 11.0. The summed E-state index contributed by atoms with van der Waals surface area (Å²) < 4.78 is 0. The zero-order valence-corrected chi connectivity index (χ0v) is 18.8. The second-order valence-electron chi connectivity index (χ2n) is 9.35. The summed E-state index contributed by atoms with van der Waals surface area (Å²) in [6.07, 6.45) is 3.58. The number of pyridine rings is 1. The molecular weight excluding hydrogens is 402 g/mol. The fourth-order valence-electron chi connectivity index (χ4n) is 4.27. The third-order valence-electron chi connectivity index (χ3n) is 6.64. The van der Waals surface area contributed by atoms with Gasteiger partial charge in [-0.2, -0.15) is 5.26 Å². The van der Waals surface area contributed by atoms with Crippen LogP contribution in [0.2, 0.25) is 0 Å². The van der Waals surface area contributed by atoms with Crippen LogP contribution in [-0.2, 0) is 10.3 Å². The van der Waals surface area contributed by atoms with Crippen LogP contribution in [0.15, 0.2) is 48.7 Å². The van der Waals surface area contributed by atoms with Gasteiger partial charge in [-0.1, -0.05) is 30.3 Å². The lowest BCUT2D eigenvalue weighted by Crippen LogP contribution is -2.43. The topological polar surface area (TPSA) is 89.3 Å². The summed E-state index contributed by atoms with van der Waals surface area (Å²) in [6.45, 7) is 5.23. The zero-order chi connectivity index (χ0) is 22.9. The van der Waals surface area contributed by atoms with Gasteiger partial charge in [0.15, 0.2) is 0 Å². The van der Waals surface area contributed by atoms with E-state index in [4.69, 9.17) is 0 Å². The number of hydrogen-bond acceptors (Lipinski definition) is 5. The van der Waals surface area contributed by atoms with Crippen molar-refractivity contribution in [2.24, 2.45) is 5.41 Å². The molecule has 1 aromatic heterocycles. The largest absolute Gasteiger partial charge is 0.361 e. The number of anilines is 1. The standard InChI is InChI=1S/C25H29N5O2/c1-24(2,19-7-5-4-6-8-19)28-21-10-9-18(15-27-21)22(31)30-14-11-20(16-30)29(3)23(32)25(17-26)12-13-25/h4-10,15,20H,11-14,16H2,1-3H3,(H,27,28)/t20-/m0/s1. The number of nitriles is 1. The molecule has 1 aliphatic heterocycles. The lowest BCUT2D eigenvalue weighted by atomic mass is 9.94. The molecule has 2 heterocycles. The van der Waals surface area contributed by atoms with Gasteiger partial charge >= 0.3 is 0 Å². The maximum absolute atomic E-state index is 13.0. The minimum absolute atomic E-state index is 0.0576. The van der Waals surface area contributed by atoms with Crippen molar-refractivity contribution in [1.29, 1.82) is 5.26 Å². The van der Waals surface area contributed by atoms with Crippen molar-refractivity contribution in [3.63, 3.8) is 0 Å². The van der Waals surface area contributed by atoms with E-state index in [1.165, 1.54) is 0 Å². The molecule has 2 fully saturated rings. The third-order valence-corrected chi connectivity index (χ3v) is 6.64. The van der Waals surface area contributed by atoms with Crippen LogP contribution in [0.5, 0.6) is 0 Å².